The lowest BCUT2D eigenvalue weighted by molar-refractivity contribution is -0.384. The molecule has 0 atom stereocenters. The number of thiocarbonyl (C=S) groups is 1. The first-order chi connectivity index (χ1) is 14.9. The summed E-state index contributed by atoms with van der Waals surface area (Å²) < 4.78 is 5.73. The van der Waals surface area contributed by atoms with Crippen molar-refractivity contribution in [1.29, 1.82) is 0 Å². The predicted molar refractivity (Wildman–Crippen MR) is 120 cm³/mol. The number of nitro groups is 1. The number of unbranched alkanes of at least 4 members (excludes halogenated alkanes) is 3. The van der Waals surface area contributed by atoms with Crippen molar-refractivity contribution in [3.05, 3.63) is 69.8 Å². The minimum atomic E-state index is -0.567. The number of nitro benzene ring substituents is 1. The number of hydrazine groups is 1. The van der Waals surface area contributed by atoms with Crippen LogP contribution in [0.5, 0.6) is 5.75 Å². The molecule has 2 aromatic carbocycles. The topological polar surface area (TPSA) is 123 Å². The second-order valence-electron chi connectivity index (χ2n) is 6.57. The van der Waals surface area contributed by atoms with Gasteiger partial charge in [-0.1, -0.05) is 38.3 Å². The molecule has 2 rings (SSSR count). The molecule has 0 saturated heterocycles. The second-order valence-corrected chi connectivity index (χ2v) is 6.98. The summed E-state index contributed by atoms with van der Waals surface area (Å²) in [7, 11) is 0. The molecule has 0 bridgehead atoms. The van der Waals surface area contributed by atoms with E-state index in [0.717, 1.165) is 25.7 Å². The minimum absolute atomic E-state index is 0.113. The Bertz CT molecular complexity index is 934. The van der Waals surface area contributed by atoms with Gasteiger partial charge >= 0.3 is 0 Å². The van der Waals surface area contributed by atoms with E-state index in [2.05, 4.69) is 23.1 Å². The minimum Gasteiger partial charge on any atom is -0.493 e. The molecule has 0 aromatic heterocycles. The van der Waals surface area contributed by atoms with Gasteiger partial charge in [0.2, 0.25) is 0 Å². The first-order valence-corrected chi connectivity index (χ1v) is 10.2. The van der Waals surface area contributed by atoms with E-state index in [9.17, 15) is 19.7 Å². The van der Waals surface area contributed by atoms with Crippen LogP contribution in [0.4, 0.5) is 5.69 Å². The number of carbonyl (C=O) groups excluding carboxylic acids is 2. The van der Waals surface area contributed by atoms with Gasteiger partial charge in [-0.05, 0) is 42.9 Å². The lowest BCUT2D eigenvalue weighted by Crippen LogP contribution is -2.48. The molecule has 0 unspecified atom stereocenters. The smallest absolute Gasteiger partial charge is 0.269 e. The number of para-hydroxylation sites is 1. The molecule has 0 heterocycles. The van der Waals surface area contributed by atoms with Gasteiger partial charge in [0.25, 0.3) is 17.5 Å². The van der Waals surface area contributed by atoms with E-state index in [1.54, 1.807) is 24.3 Å². The SMILES string of the molecule is CCCCCCOc1ccccc1C(=O)NC(=S)NNC(=O)c1ccc([N+](=O)[O-])cc1. The van der Waals surface area contributed by atoms with Crippen LogP contribution in [0.2, 0.25) is 0 Å². The van der Waals surface area contributed by atoms with Crippen molar-refractivity contribution in [3.8, 4) is 5.75 Å². The molecule has 0 radical (unpaired) electrons. The highest BCUT2D eigenvalue weighted by Gasteiger charge is 2.14. The van der Waals surface area contributed by atoms with Crippen molar-refractivity contribution in [1.82, 2.24) is 16.2 Å². The van der Waals surface area contributed by atoms with Crippen LogP contribution in [0.15, 0.2) is 48.5 Å². The Morgan fingerprint density at radius 3 is 2.39 bits per heavy atom. The Morgan fingerprint density at radius 1 is 1.00 bits per heavy atom. The molecule has 0 aliphatic heterocycles. The highest BCUT2D eigenvalue weighted by Crippen LogP contribution is 2.18. The Morgan fingerprint density at radius 2 is 1.71 bits per heavy atom. The van der Waals surface area contributed by atoms with Gasteiger partial charge in [-0.25, -0.2) is 0 Å². The lowest BCUT2D eigenvalue weighted by Gasteiger charge is -2.13. The first kappa shape index (κ1) is 23.7. The lowest BCUT2D eigenvalue weighted by atomic mass is 10.2. The van der Waals surface area contributed by atoms with Gasteiger partial charge in [0.15, 0.2) is 5.11 Å². The largest absolute Gasteiger partial charge is 0.493 e. The van der Waals surface area contributed by atoms with Crippen molar-refractivity contribution in [2.24, 2.45) is 0 Å². The molecule has 0 aliphatic rings. The van der Waals surface area contributed by atoms with Crippen molar-refractivity contribution >= 4 is 34.8 Å². The number of rotatable bonds is 9. The number of non-ortho nitro benzene ring substituents is 1. The van der Waals surface area contributed by atoms with Crippen molar-refractivity contribution in [3.63, 3.8) is 0 Å². The van der Waals surface area contributed by atoms with Crippen molar-refractivity contribution in [2.75, 3.05) is 6.61 Å². The van der Waals surface area contributed by atoms with Gasteiger partial charge in [0, 0.05) is 17.7 Å². The zero-order chi connectivity index (χ0) is 22.6. The summed E-state index contributed by atoms with van der Waals surface area (Å²) in [4.78, 5) is 34.7. The van der Waals surface area contributed by atoms with E-state index in [-0.39, 0.29) is 16.4 Å². The summed E-state index contributed by atoms with van der Waals surface area (Å²) in [5, 5.41) is 13.0. The Kier molecular flexibility index (Phi) is 9.37. The highest BCUT2D eigenvalue weighted by molar-refractivity contribution is 7.80. The van der Waals surface area contributed by atoms with E-state index < -0.39 is 16.7 Å². The fraction of sp³-hybridized carbons (Fsp3) is 0.286. The zero-order valence-electron chi connectivity index (χ0n) is 17.1. The number of amides is 2. The van der Waals surface area contributed by atoms with Crippen molar-refractivity contribution < 1.29 is 19.2 Å². The summed E-state index contributed by atoms with van der Waals surface area (Å²) >= 11 is 5.04. The molecule has 3 N–H and O–H groups in total. The maximum atomic E-state index is 12.5. The monoisotopic (exact) mass is 444 g/mol. The maximum absolute atomic E-state index is 12.5. The van der Waals surface area contributed by atoms with Gasteiger partial charge in [-0.2, -0.15) is 0 Å². The van der Waals surface area contributed by atoms with E-state index in [4.69, 9.17) is 17.0 Å². The summed E-state index contributed by atoms with van der Waals surface area (Å²) in [6, 6.07) is 11.9. The third-order valence-corrected chi connectivity index (χ3v) is 4.45. The van der Waals surface area contributed by atoms with Crippen LogP contribution >= 0.6 is 12.2 Å². The average molecular weight is 445 g/mol. The summed E-state index contributed by atoms with van der Waals surface area (Å²) in [5.41, 5.74) is 5.14. The van der Waals surface area contributed by atoms with Crippen LogP contribution < -0.4 is 20.9 Å². The van der Waals surface area contributed by atoms with Crippen LogP contribution in [0.3, 0.4) is 0 Å². The van der Waals surface area contributed by atoms with Crippen LogP contribution in [0.25, 0.3) is 0 Å². The average Bonchev–Trinajstić information content (AvgIpc) is 2.77. The molecular weight excluding hydrogens is 420 g/mol. The van der Waals surface area contributed by atoms with Gasteiger partial charge in [0.05, 0.1) is 17.1 Å². The third-order valence-electron chi connectivity index (χ3n) is 4.24. The highest BCUT2D eigenvalue weighted by atomic mass is 32.1. The van der Waals surface area contributed by atoms with Crippen LogP contribution in [0.1, 0.15) is 53.3 Å². The van der Waals surface area contributed by atoms with E-state index in [1.807, 2.05) is 0 Å². The van der Waals surface area contributed by atoms with Gasteiger partial charge in [-0.3, -0.25) is 35.9 Å². The standard InChI is InChI=1S/C21H24N4O5S/c1-2-3-4-7-14-30-18-9-6-5-8-17(18)20(27)22-21(31)24-23-19(26)15-10-12-16(13-11-15)25(28)29/h5-6,8-13H,2-4,7,14H2,1H3,(H,23,26)(H2,22,24,27,31). The van der Waals surface area contributed by atoms with Crippen LogP contribution in [0, 0.1) is 10.1 Å². The van der Waals surface area contributed by atoms with E-state index in [0.29, 0.717) is 17.9 Å². The maximum Gasteiger partial charge on any atom is 0.269 e. The van der Waals surface area contributed by atoms with E-state index >= 15 is 0 Å². The first-order valence-electron chi connectivity index (χ1n) is 9.80. The molecule has 164 valence electrons. The number of carbonyl (C=O) groups is 2. The van der Waals surface area contributed by atoms with Gasteiger partial charge in [0.1, 0.15) is 5.75 Å². The molecular formula is C21H24N4O5S. The molecule has 10 heteroatoms. The normalized spacial score (nSPS) is 10.1. The molecule has 2 aromatic rings. The fourth-order valence-corrected chi connectivity index (χ4v) is 2.76. The summed E-state index contributed by atoms with van der Waals surface area (Å²) in [6.07, 6.45) is 4.23. The fourth-order valence-electron chi connectivity index (χ4n) is 2.61. The molecule has 0 saturated carbocycles. The number of hydrogen-bond donors (Lipinski definition) is 3. The quantitative estimate of drug-likeness (QED) is 0.234. The molecule has 2 amide bonds. The predicted octanol–water partition coefficient (Wildman–Crippen LogP) is 3.50. The number of hydrogen-bond acceptors (Lipinski definition) is 6. The van der Waals surface area contributed by atoms with Crippen molar-refractivity contribution in [2.45, 2.75) is 32.6 Å². The molecule has 0 aliphatic carbocycles. The Hall–Kier alpha value is -3.53. The molecule has 9 nitrogen and oxygen atoms in total. The number of ether oxygens (including phenoxy) is 1. The van der Waals surface area contributed by atoms with Crippen LogP contribution in [-0.4, -0.2) is 28.5 Å². The number of nitrogens with zero attached hydrogens (tertiary/aromatic N) is 1. The summed E-state index contributed by atoms with van der Waals surface area (Å²) in [5.74, 6) is -0.595. The van der Waals surface area contributed by atoms with E-state index in [1.165, 1.54) is 24.3 Å². The van der Waals surface area contributed by atoms with Gasteiger partial charge in [-0.15, -0.1) is 0 Å². The molecule has 0 fully saturated rings. The number of nitrogens with one attached hydrogen (secondary N) is 3. The Labute approximate surface area is 185 Å². The van der Waals surface area contributed by atoms with Gasteiger partial charge < -0.3 is 4.74 Å². The molecule has 31 heavy (non-hydrogen) atoms. The Balaban J connectivity index is 1.86. The zero-order valence-corrected chi connectivity index (χ0v) is 17.9. The summed E-state index contributed by atoms with van der Waals surface area (Å²) in [6.45, 7) is 2.64. The molecule has 0 spiro atoms. The third kappa shape index (κ3) is 7.67. The number of benzene rings is 2. The second kappa shape index (κ2) is 12.2. The van der Waals surface area contributed by atoms with Crippen LogP contribution in [-0.2, 0) is 0 Å².